The second kappa shape index (κ2) is 11.9. The number of hydrogen-bond donors (Lipinski definition) is 1. The molecular formula is C29H26FN5O5. The van der Waals surface area contributed by atoms with E-state index in [1.165, 1.54) is 25.4 Å². The summed E-state index contributed by atoms with van der Waals surface area (Å²) in [6.07, 6.45) is 3.29. The molecule has 5 rings (SSSR count). The number of fused-ring (bicyclic) bond motifs is 1. The summed E-state index contributed by atoms with van der Waals surface area (Å²) in [5, 5.41) is 9.40. The number of carboxylic acid groups (broad SMARTS) is 1. The fourth-order valence-electron chi connectivity index (χ4n) is 4.31. The quantitative estimate of drug-likeness (QED) is 0.256. The van der Waals surface area contributed by atoms with Crippen molar-refractivity contribution in [2.45, 2.75) is 19.6 Å². The van der Waals surface area contributed by atoms with E-state index >= 15 is 4.39 Å². The Kier molecular flexibility index (Phi) is 7.92. The molecule has 0 fully saturated rings. The zero-order valence-corrected chi connectivity index (χ0v) is 21.9. The Morgan fingerprint density at radius 2 is 1.88 bits per heavy atom. The molecule has 0 spiro atoms. The summed E-state index contributed by atoms with van der Waals surface area (Å²) in [5.41, 5.74) is 3.55. The number of carboxylic acids is 1. The molecule has 0 unspecified atom stereocenters. The molecule has 0 amide bonds. The number of carbonyl (C=O) groups is 1. The van der Waals surface area contributed by atoms with E-state index in [0.717, 1.165) is 0 Å². The molecule has 0 bridgehead atoms. The molecule has 11 heteroatoms. The number of aromatic carboxylic acids is 1. The molecule has 0 atom stereocenters. The van der Waals surface area contributed by atoms with Crippen LogP contribution < -0.4 is 9.47 Å². The minimum atomic E-state index is -1.03. The lowest BCUT2D eigenvalue weighted by Crippen LogP contribution is -2.10. The molecule has 40 heavy (non-hydrogen) atoms. The van der Waals surface area contributed by atoms with Crippen LogP contribution in [0.4, 0.5) is 4.39 Å². The summed E-state index contributed by atoms with van der Waals surface area (Å²) in [4.78, 5) is 29.0. The number of halogens is 1. The summed E-state index contributed by atoms with van der Waals surface area (Å²) in [6.45, 7) is 0.950. The van der Waals surface area contributed by atoms with E-state index in [-0.39, 0.29) is 18.6 Å². The Balaban J connectivity index is 1.38. The topological polar surface area (TPSA) is 121 Å². The van der Waals surface area contributed by atoms with Crippen LogP contribution in [0.25, 0.3) is 22.3 Å². The lowest BCUT2D eigenvalue weighted by Gasteiger charge is -2.11. The molecule has 0 aliphatic heterocycles. The molecule has 1 N–H and O–H groups in total. The van der Waals surface area contributed by atoms with Crippen molar-refractivity contribution in [2.24, 2.45) is 0 Å². The Morgan fingerprint density at radius 1 is 1.02 bits per heavy atom. The Bertz CT molecular complexity index is 1670. The van der Waals surface area contributed by atoms with Gasteiger partial charge in [0, 0.05) is 44.1 Å². The lowest BCUT2D eigenvalue weighted by molar-refractivity contribution is 0.0697. The normalized spacial score (nSPS) is 11.1. The summed E-state index contributed by atoms with van der Waals surface area (Å²) < 4.78 is 33.4. The summed E-state index contributed by atoms with van der Waals surface area (Å²) in [5.74, 6) is -0.113. The van der Waals surface area contributed by atoms with Gasteiger partial charge in [-0.15, -0.1) is 0 Å². The molecule has 0 saturated carbocycles. The number of hydrogen-bond acceptors (Lipinski definition) is 8. The zero-order valence-electron chi connectivity index (χ0n) is 21.9. The number of aromatic nitrogens is 5. The van der Waals surface area contributed by atoms with Crippen LogP contribution >= 0.6 is 0 Å². The number of ether oxygens (including phenoxy) is 3. The van der Waals surface area contributed by atoms with Crippen molar-refractivity contribution in [3.63, 3.8) is 0 Å². The van der Waals surface area contributed by atoms with Gasteiger partial charge in [-0.25, -0.2) is 24.1 Å². The van der Waals surface area contributed by atoms with Crippen LogP contribution in [0.15, 0.2) is 67.0 Å². The summed E-state index contributed by atoms with van der Waals surface area (Å²) in [6, 6.07) is 14.9. The first kappa shape index (κ1) is 26.7. The van der Waals surface area contributed by atoms with Crippen LogP contribution in [0.3, 0.4) is 0 Å². The van der Waals surface area contributed by atoms with Crippen molar-refractivity contribution in [3.05, 3.63) is 95.5 Å². The molecule has 0 saturated heterocycles. The van der Waals surface area contributed by atoms with Gasteiger partial charge in [0.2, 0.25) is 11.8 Å². The van der Waals surface area contributed by atoms with Crippen LogP contribution in [0.5, 0.6) is 11.8 Å². The average Bonchev–Trinajstić information content (AvgIpc) is 3.32. The highest BCUT2D eigenvalue weighted by atomic mass is 19.1. The van der Waals surface area contributed by atoms with Gasteiger partial charge in [-0.05, 0) is 35.9 Å². The van der Waals surface area contributed by atoms with Gasteiger partial charge >= 0.3 is 5.97 Å². The maximum absolute atomic E-state index is 15.4. The number of pyridine rings is 1. The molecule has 0 aliphatic carbocycles. The van der Waals surface area contributed by atoms with E-state index < -0.39 is 11.8 Å². The molecule has 3 heterocycles. The second-order valence-electron chi connectivity index (χ2n) is 8.83. The maximum Gasteiger partial charge on any atom is 0.335 e. The van der Waals surface area contributed by atoms with Crippen molar-refractivity contribution in [1.82, 2.24) is 24.5 Å². The van der Waals surface area contributed by atoms with Gasteiger partial charge in [0.15, 0.2) is 0 Å². The highest BCUT2D eigenvalue weighted by Crippen LogP contribution is 2.26. The van der Waals surface area contributed by atoms with Gasteiger partial charge in [-0.1, -0.05) is 18.2 Å². The fraction of sp³-hybridized carbons (Fsp3) is 0.207. The molecule has 5 aromatic rings. The smallest absolute Gasteiger partial charge is 0.335 e. The zero-order chi connectivity index (χ0) is 28.1. The molecular weight excluding hydrogens is 517 g/mol. The van der Waals surface area contributed by atoms with Crippen LogP contribution in [0.2, 0.25) is 0 Å². The van der Waals surface area contributed by atoms with Gasteiger partial charge in [-0.3, -0.25) is 4.98 Å². The monoisotopic (exact) mass is 543 g/mol. The fourth-order valence-corrected chi connectivity index (χ4v) is 4.31. The van der Waals surface area contributed by atoms with Crippen molar-refractivity contribution in [3.8, 4) is 23.0 Å². The molecule has 2 aromatic carbocycles. The van der Waals surface area contributed by atoms with Crippen LogP contribution in [0.1, 0.15) is 27.4 Å². The summed E-state index contributed by atoms with van der Waals surface area (Å²) >= 11 is 0. The second-order valence-corrected chi connectivity index (χ2v) is 8.83. The van der Waals surface area contributed by atoms with Gasteiger partial charge in [-0.2, -0.15) is 0 Å². The first-order valence-corrected chi connectivity index (χ1v) is 12.4. The van der Waals surface area contributed by atoms with Crippen LogP contribution in [0, 0.1) is 5.82 Å². The maximum atomic E-state index is 15.4. The van der Waals surface area contributed by atoms with Crippen molar-refractivity contribution in [2.75, 3.05) is 20.8 Å². The Hall–Kier alpha value is -4.90. The molecule has 204 valence electrons. The SMILES string of the molecule is COCCn1c(Cc2ccc(-c3cccc(OCc4nccnc4OC)n3)cc2F)nc2ccc(C(=O)O)cc21. The van der Waals surface area contributed by atoms with Crippen molar-refractivity contribution < 1.29 is 28.5 Å². The third kappa shape index (κ3) is 5.74. The number of methoxy groups -OCH3 is 2. The predicted molar refractivity (Wildman–Crippen MR) is 144 cm³/mol. The third-order valence-electron chi connectivity index (χ3n) is 6.30. The molecule has 3 aromatic heterocycles. The first-order valence-electron chi connectivity index (χ1n) is 12.4. The third-order valence-corrected chi connectivity index (χ3v) is 6.30. The highest BCUT2D eigenvalue weighted by molar-refractivity contribution is 5.92. The Labute approximate surface area is 229 Å². The standard InChI is InChI=1S/C29H26FN5O5/c1-38-13-12-35-25-15-20(29(36)37)8-9-23(25)33-26(35)16-18-6-7-19(14-21(18)30)22-4-3-5-27(34-22)40-17-24-28(39-2)32-11-10-31-24/h3-11,14-15H,12-13,16-17H2,1-2H3,(H,36,37). The van der Waals surface area contributed by atoms with E-state index in [2.05, 4.69) is 19.9 Å². The van der Waals surface area contributed by atoms with E-state index in [1.807, 2.05) is 4.57 Å². The molecule has 0 aliphatic rings. The number of imidazole rings is 1. The minimum Gasteiger partial charge on any atom is -0.480 e. The van der Waals surface area contributed by atoms with E-state index in [4.69, 9.17) is 14.2 Å². The number of nitrogens with zero attached hydrogens (tertiary/aromatic N) is 5. The van der Waals surface area contributed by atoms with Crippen molar-refractivity contribution >= 4 is 17.0 Å². The lowest BCUT2D eigenvalue weighted by atomic mass is 10.1. The van der Waals surface area contributed by atoms with Gasteiger partial charge in [0.25, 0.3) is 0 Å². The van der Waals surface area contributed by atoms with Crippen LogP contribution in [-0.4, -0.2) is 56.4 Å². The minimum absolute atomic E-state index is 0.110. The Morgan fingerprint density at radius 3 is 2.65 bits per heavy atom. The first-order chi connectivity index (χ1) is 19.5. The molecule has 10 nitrogen and oxygen atoms in total. The van der Waals surface area contributed by atoms with Gasteiger partial charge in [0.05, 0.1) is 36.0 Å². The van der Waals surface area contributed by atoms with E-state index in [1.54, 1.807) is 55.8 Å². The van der Waals surface area contributed by atoms with Crippen molar-refractivity contribution in [1.29, 1.82) is 0 Å². The predicted octanol–water partition coefficient (Wildman–Crippen LogP) is 4.55. The summed E-state index contributed by atoms with van der Waals surface area (Å²) in [7, 11) is 3.09. The van der Waals surface area contributed by atoms with Crippen LogP contribution in [-0.2, 0) is 24.3 Å². The van der Waals surface area contributed by atoms with E-state index in [9.17, 15) is 9.90 Å². The largest absolute Gasteiger partial charge is 0.480 e. The highest BCUT2D eigenvalue weighted by Gasteiger charge is 2.16. The number of rotatable bonds is 11. The molecule has 0 radical (unpaired) electrons. The van der Waals surface area contributed by atoms with E-state index in [0.29, 0.717) is 64.3 Å². The average molecular weight is 544 g/mol. The van der Waals surface area contributed by atoms with Gasteiger partial charge in [0.1, 0.15) is 23.9 Å². The number of benzene rings is 2. The van der Waals surface area contributed by atoms with Gasteiger partial charge < -0.3 is 23.9 Å².